The quantitative estimate of drug-likeness (QED) is 0.372. The van der Waals surface area contributed by atoms with Crippen LogP contribution in [0.4, 0.5) is 17.2 Å². The van der Waals surface area contributed by atoms with Crippen LogP contribution < -0.4 is 16.5 Å². The number of aromatic nitrogens is 1. The molecule has 0 saturated heterocycles. The predicted molar refractivity (Wildman–Crippen MR) is 118 cm³/mol. The van der Waals surface area contributed by atoms with Crippen LogP contribution in [0.15, 0.2) is 35.1 Å². The second-order valence-corrected chi connectivity index (χ2v) is 8.27. The first-order valence-corrected chi connectivity index (χ1v) is 9.86. The Morgan fingerprint density at radius 2 is 1.86 bits per heavy atom. The van der Waals surface area contributed by atoms with Crippen LogP contribution in [0.1, 0.15) is 31.9 Å². The molecule has 0 amide bonds. The van der Waals surface area contributed by atoms with Gasteiger partial charge in [0.15, 0.2) is 5.43 Å². The molecule has 0 radical (unpaired) electrons. The SMILES string of the molecule is CC(C)CC(O)c1c(Nc2ccc(Cl)cc2Cl)[nH]c2c(Cl)ccc(N)c2c1=O. The molecule has 1 heterocycles. The molecule has 3 aromatic rings. The molecule has 0 fully saturated rings. The number of nitrogens with two attached hydrogens (primary N) is 1. The Morgan fingerprint density at radius 1 is 1.14 bits per heavy atom. The number of aromatic amines is 1. The van der Waals surface area contributed by atoms with Crippen molar-refractivity contribution in [3.8, 4) is 0 Å². The van der Waals surface area contributed by atoms with Crippen molar-refractivity contribution in [1.82, 2.24) is 4.98 Å². The molecule has 0 aliphatic carbocycles. The summed E-state index contributed by atoms with van der Waals surface area (Å²) in [6, 6.07) is 8.12. The summed E-state index contributed by atoms with van der Waals surface area (Å²) in [6.07, 6.45) is -0.599. The Balaban J connectivity index is 2.26. The van der Waals surface area contributed by atoms with Gasteiger partial charge in [-0.3, -0.25) is 4.79 Å². The average Bonchev–Trinajstić information content (AvgIpc) is 2.59. The third-order valence-electron chi connectivity index (χ3n) is 4.40. The highest BCUT2D eigenvalue weighted by atomic mass is 35.5. The molecule has 1 aromatic heterocycles. The summed E-state index contributed by atoms with van der Waals surface area (Å²) in [7, 11) is 0. The molecule has 1 unspecified atom stereocenters. The van der Waals surface area contributed by atoms with E-state index in [9.17, 15) is 9.90 Å². The molecule has 0 spiro atoms. The number of fused-ring (bicyclic) bond motifs is 1. The third kappa shape index (κ3) is 4.08. The Bertz CT molecular complexity index is 1100. The Labute approximate surface area is 177 Å². The van der Waals surface area contributed by atoms with Crippen molar-refractivity contribution in [1.29, 1.82) is 0 Å². The summed E-state index contributed by atoms with van der Waals surface area (Å²) < 4.78 is 0. The minimum absolute atomic E-state index is 0.175. The van der Waals surface area contributed by atoms with Gasteiger partial charge in [0.25, 0.3) is 0 Å². The van der Waals surface area contributed by atoms with Crippen LogP contribution in [0.25, 0.3) is 10.9 Å². The van der Waals surface area contributed by atoms with Crippen molar-refractivity contribution >= 4 is 62.9 Å². The van der Waals surface area contributed by atoms with Gasteiger partial charge in [-0.05, 0) is 42.7 Å². The van der Waals surface area contributed by atoms with Crippen LogP contribution in [0.5, 0.6) is 0 Å². The number of aliphatic hydroxyl groups is 1. The van der Waals surface area contributed by atoms with Gasteiger partial charge in [-0.2, -0.15) is 0 Å². The fourth-order valence-electron chi connectivity index (χ4n) is 3.11. The van der Waals surface area contributed by atoms with Gasteiger partial charge < -0.3 is 21.1 Å². The number of nitrogen functional groups attached to an aromatic ring is 1. The van der Waals surface area contributed by atoms with E-state index in [0.29, 0.717) is 38.5 Å². The van der Waals surface area contributed by atoms with Gasteiger partial charge in [0.05, 0.1) is 38.3 Å². The molecule has 2 aromatic carbocycles. The van der Waals surface area contributed by atoms with Crippen LogP contribution >= 0.6 is 34.8 Å². The summed E-state index contributed by atoms with van der Waals surface area (Å²) in [6.45, 7) is 3.93. The lowest BCUT2D eigenvalue weighted by atomic mass is 9.97. The Kier molecular flexibility index (Phi) is 6.10. The van der Waals surface area contributed by atoms with E-state index in [0.717, 1.165) is 0 Å². The van der Waals surface area contributed by atoms with E-state index in [1.807, 2.05) is 13.8 Å². The molecule has 0 aliphatic heterocycles. The fourth-order valence-corrected chi connectivity index (χ4v) is 3.77. The Hall–Kier alpha value is -1.92. The number of hydrogen-bond acceptors (Lipinski definition) is 4. The highest BCUT2D eigenvalue weighted by Crippen LogP contribution is 2.34. The number of aliphatic hydroxyl groups excluding tert-OH is 1. The molecular formula is C20H20Cl3N3O2. The zero-order chi connectivity index (χ0) is 20.6. The average molecular weight is 441 g/mol. The first-order valence-electron chi connectivity index (χ1n) is 8.73. The maximum Gasteiger partial charge on any atom is 0.199 e. The Morgan fingerprint density at radius 3 is 2.50 bits per heavy atom. The van der Waals surface area contributed by atoms with Gasteiger partial charge in [-0.15, -0.1) is 0 Å². The van der Waals surface area contributed by atoms with Crippen molar-refractivity contribution in [2.24, 2.45) is 5.92 Å². The van der Waals surface area contributed by atoms with Gasteiger partial charge in [0, 0.05) is 10.7 Å². The number of nitrogens with one attached hydrogen (secondary N) is 2. The van der Waals surface area contributed by atoms with Crippen LogP contribution in [-0.4, -0.2) is 10.1 Å². The van der Waals surface area contributed by atoms with E-state index in [2.05, 4.69) is 10.3 Å². The number of halogens is 3. The molecular weight excluding hydrogens is 421 g/mol. The highest BCUT2D eigenvalue weighted by molar-refractivity contribution is 6.36. The summed E-state index contributed by atoms with van der Waals surface area (Å²) in [5.74, 6) is 0.483. The number of H-pyrrole nitrogens is 1. The topological polar surface area (TPSA) is 91.1 Å². The van der Waals surface area contributed by atoms with Crippen molar-refractivity contribution in [3.05, 3.63) is 61.2 Å². The van der Waals surface area contributed by atoms with Gasteiger partial charge >= 0.3 is 0 Å². The van der Waals surface area contributed by atoms with Crippen LogP contribution in [0, 0.1) is 5.92 Å². The maximum atomic E-state index is 13.3. The summed E-state index contributed by atoms with van der Waals surface area (Å²) in [5.41, 5.74) is 7.03. The molecule has 0 aliphatic rings. The first kappa shape index (κ1) is 20.8. The second kappa shape index (κ2) is 8.21. The first-order chi connectivity index (χ1) is 13.2. The van der Waals surface area contributed by atoms with E-state index in [4.69, 9.17) is 40.5 Å². The molecule has 8 heteroatoms. The standard InChI is InChI=1S/C20H20Cl3N3O2/c1-9(2)7-15(27)17-19(28)16-13(24)5-4-11(22)18(16)26-20(17)25-14-6-3-10(21)8-12(14)23/h3-6,8-9,15,27H,7,24H2,1-2H3,(H2,25,26,28). The fraction of sp³-hybridized carbons (Fsp3) is 0.250. The van der Waals surface area contributed by atoms with E-state index >= 15 is 0 Å². The van der Waals surface area contributed by atoms with E-state index in [-0.39, 0.29) is 28.0 Å². The zero-order valence-electron chi connectivity index (χ0n) is 15.3. The summed E-state index contributed by atoms with van der Waals surface area (Å²) in [5, 5.41) is 15.3. The smallest absolute Gasteiger partial charge is 0.199 e. The number of pyridine rings is 1. The largest absolute Gasteiger partial charge is 0.398 e. The van der Waals surface area contributed by atoms with E-state index in [1.54, 1.807) is 30.3 Å². The van der Waals surface area contributed by atoms with Crippen LogP contribution in [0.2, 0.25) is 15.1 Å². The number of anilines is 3. The summed E-state index contributed by atoms with van der Waals surface area (Å²) >= 11 is 18.5. The molecule has 5 N–H and O–H groups in total. The van der Waals surface area contributed by atoms with Crippen molar-refractivity contribution < 1.29 is 5.11 Å². The zero-order valence-corrected chi connectivity index (χ0v) is 17.6. The molecule has 0 saturated carbocycles. The van der Waals surface area contributed by atoms with Gasteiger partial charge in [-0.25, -0.2) is 0 Å². The highest BCUT2D eigenvalue weighted by Gasteiger charge is 2.23. The minimum Gasteiger partial charge on any atom is -0.398 e. The van der Waals surface area contributed by atoms with E-state index in [1.165, 1.54) is 0 Å². The lowest BCUT2D eigenvalue weighted by Crippen LogP contribution is -2.20. The van der Waals surface area contributed by atoms with Gasteiger partial charge in [0.2, 0.25) is 0 Å². The number of hydrogen-bond donors (Lipinski definition) is 4. The molecule has 0 bridgehead atoms. The lowest BCUT2D eigenvalue weighted by Gasteiger charge is -2.20. The van der Waals surface area contributed by atoms with Crippen molar-refractivity contribution in [2.45, 2.75) is 26.4 Å². The van der Waals surface area contributed by atoms with Crippen molar-refractivity contribution in [3.63, 3.8) is 0 Å². The van der Waals surface area contributed by atoms with Crippen LogP contribution in [0.3, 0.4) is 0 Å². The van der Waals surface area contributed by atoms with E-state index < -0.39 is 6.10 Å². The molecule has 148 valence electrons. The number of benzene rings is 2. The molecule has 5 nitrogen and oxygen atoms in total. The minimum atomic E-state index is -1.000. The predicted octanol–water partition coefficient (Wildman–Crippen LogP) is 5.89. The normalized spacial score (nSPS) is 12.5. The second-order valence-electron chi connectivity index (χ2n) is 7.02. The van der Waals surface area contributed by atoms with Crippen molar-refractivity contribution in [2.75, 3.05) is 11.1 Å². The monoisotopic (exact) mass is 439 g/mol. The third-order valence-corrected chi connectivity index (χ3v) is 5.26. The summed E-state index contributed by atoms with van der Waals surface area (Å²) in [4.78, 5) is 16.4. The molecule has 28 heavy (non-hydrogen) atoms. The van der Waals surface area contributed by atoms with Gasteiger partial charge in [0.1, 0.15) is 5.82 Å². The van der Waals surface area contributed by atoms with Crippen LogP contribution in [-0.2, 0) is 0 Å². The molecule has 1 atom stereocenters. The maximum absolute atomic E-state index is 13.3. The van der Waals surface area contributed by atoms with Gasteiger partial charge in [-0.1, -0.05) is 48.7 Å². The number of rotatable bonds is 5. The lowest BCUT2D eigenvalue weighted by molar-refractivity contribution is 0.150. The molecule has 3 rings (SSSR count).